The minimum Gasteiger partial charge on any atom is -0.446 e. The van der Waals surface area contributed by atoms with Gasteiger partial charge in [-0.3, -0.25) is 24.4 Å². The summed E-state index contributed by atoms with van der Waals surface area (Å²) in [6.45, 7) is 4.28. The van der Waals surface area contributed by atoms with Crippen molar-refractivity contribution in [2.75, 3.05) is 18.9 Å². The van der Waals surface area contributed by atoms with Crippen molar-refractivity contribution < 1.29 is 45.5 Å². The molecule has 3 N–H and O–H groups in total. The average molecular weight is 766 g/mol. The van der Waals surface area contributed by atoms with E-state index in [2.05, 4.69) is 20.3 Å². The summed E-state index contributed by atoms with van der Waals surface area (Å²) in [7, 11) is -2.29. The highest BCUT2D eigenvalue weighted by Gasteiger charge is 2.62. The third kappa shape index (κ3) is 8.14. The number of nitrogens with one attached hydrogen (secondary N) is 3. The summed E-state index contributed by atoms with van der Waals surface area (Å²) in [6.07, 6.45) is -0.0628. The number of hydrogen-bond acceptors (Lipinski definition) is 9. The Kier molecular flexibility index (Phi) is 10.5. The van der Waals surface area contributed by atoms with Crippen LogP contribution in [0.3, 0.4) is 0 Å². The predicted molar refractivity (Wildman–Crippen MR) is 186 cm³/mol. The van der Waals surface area contributed by atoms with E-state index >= 15 is 0 Å². The number of amides is 4. The Morgan fingerprint density at radius 2 is 1.87 bits per heavy atom. The van der Waals surface area contributed by atoms with E-state index in [9.17, 15) is 40.8 Å². The van der Waals surface area contributed by atoms with Gasteiger partial charge in [-0.25, -0.2) is 18.2 Å². The molecule has 0 radical (unpaired) electrons. The number of allylic oxidation sites excluding steroid dienone is 1. The molecule has 17 heteroatoms. The largest absolute Gasteiger partial charge is 0.446 e. The van der Waals surface area contributed by atoms with Gasteiger partial charge < -0.3 is 15.0 Å². The standard InChI is InChI=1S/C35H42F3N5O7S2/c1-19(2)28-18-51-30(39-28)24-12-9-20(35(36,37)38)14-27(24)40-33(47)50-22-15-25-26(16-22)31(45)43(3)13-7-5-4-6-8-21-17-34(21,41-29(25)44)32(46)42-52(48,49)23-10-11-23/h6,8-9,12,14,18-19,21-23,25-26H,4-5,7,10-11,13,15-17H2,1-3H3,(H,40,47)(H,41,44)(H,42,46)/b8-6-/t21-,22+,25+,26+,34+/m0/s1. The van der Waals surface area contributed by atoms with Gasteiger partial charge in [0.25, 0.3) is 5.91 Å². The molecule has 0 spiro atoms. The van der Waals surface area contributed by atoms with E-state index in [1.165, 1.54) is 22.3 Å². The molecule has 3 fully saturated rings. The lowest BCUT2D eigenvalue weighted by Gasteiger charge is -2.26. The van der Waals surface area contributed by atoms with Gasteiger partial charge in [-0.15, -0.1) is 11.3 Å². The first-order valence-corrected chi connectivity index (χ1v) is 19.9. The molecule has 2 heterocycles. The number of hydrogen-bond donors (Lipinski definition) is 3. The van der Waals surface area contributed by atoms with Crippen LogP contribution in [-0.2, 0) is 35.3 Å². The molecule has 4 aliphatic rings. The minimum absolute atomic E-state index is 0.0487. The molecule has 0 bridgehead atoms. The number of thiazole rings is 1. The maximum Gasteiger partial charge on any atom is 0.416 e. The second-order valence-corrected chi connectivity index (χ2v) is 17.3. The molecule has 12 nitrogen and oxygen atoms in total. The summed E-state index contributed by atoms with van der Waals surface area (Å²) in [5.41, 5.74) is -1.68. The van der Waals surface area contributed by atoms with Crippen LogP contribution in [0.25, 0.3) is 10.6 Å². The second-order valence-electron chi connectivity index (χ2n) is 14.5. The zero-order chi connectivity index (χ0) is 37.6. The smallest absolute Gasteiger partial charge is 0.416 e. The summed E-state index contributed by atoms with van der Waals surface area (Å²) in [5.74, 6) is -4.22. The molecule has 1 aromatic heterocycles. The van der Waals surface area contributed by atoms with Gasteiger partial charge in [0.1, 0.15) is 16.7 Å². The van der Waals surface area contributed by atoms with Crippen molar-refractivity contribution in [2.24, 2.45) is 17.8 Å². The summed E-state index contributed by atoms with van der Waals surface area (Å²) in [6, 6.07) is 2.95. The summed E-state index contributed by atoms with van der Waals surface area (Å²) in [5, 5.41) is 6.75. The second kappa shape index (κ2) is 14.4. The number of carbonyl (C=O) groups excluding carboxylic acids is 4. The molecule has 1 aliphatic heterocycles. The highest BCUT2D eigenvalue weighted by atomic mass is 32.2. The molecule has 0 saturated heterocycles. The van der Waals surface area contributed by atoms with Crippen LogP contribution in [0.1, 0.15) is 82.4 Å². The van der Waals surface area contributed by atoms with Crippen LogP contribution in [-0.4, -0.2) is 72.6 Å². The van der Waals surface area contributed by atoms with Crippen molar-refractivity contribution >= 4 is 50.9 Å². The van der Waals surface area contributed by atoms with E-state index in [-0.39, 0.29) is 42.3 Å². The Morgan fingerprint density at radius 1 is 1.13 bits per heavy atom. The molecule has 52 heavy (non-hydrogen) atoms. The summed E-state index contributed by atoms with van der Waals surface area (Å²) in [4.78, 5) is 60.5. The molecule has 1 aromatic carbocycles. The molecular weight excluding hydrogens is 724 g/mol. The topological polar surface area (TPSA) is 164 Å². The van der Waals surface area contributed by atoms with Crippen LogP contribution in [0.5, 0.6) is 0 Å². The Bertz CT molecular complexity index is 1880. The number of fused-ring (bicyclic) bond motifs is 2. The normalized spacial score (nSPS) is 27.6. The minimum atomic E-state index is -4.69. The Hall–Kier alpha value is -3.99. The van der Waals surface area contributed by atoms with Crippen LogP contribution >= 0.6 is 11.3 Å². The number of rotatable bonds is 7. The van der Waals surface area contributed by atoms with Gasteiger partial charge in [-0.1, -0.05) is 26.0 Å². The summed E-state index contributed by atoms with van der Waals surface area (Å²) >= 11 is 1.22. The van der Waals surface area contributed by atoms with Gasteiger partial charge >= 0.3 is 12.3 Å². The Morgan fingerprint density at radius 3 is 2.54 bits per heavy atom. The number of ether oxygens (including phenoxy) is 1. The predicted octanol–water partition coefficient (Wildman–Crippen LogP) is 5.58. The third-order valence-electron chi connectivity index (χ3n) is 10.2. The molecule has 2 aromatic rings. The lowest BCUT2D eigenvalue weighted by molar-refractivity contribution is -0.140. The number of halogens is 3. The molecule has 0 unspecified atom stereocenters. The number of sulfonamides is 1. The number of alkyl halides is 3. The molecule has 3 saturated carbocycles. The van der Waals surface area contributed by atoms with Crippen molar-refractivity contribution in [3.63, 3.8) is 0 Å². The zero-order valence-corrected chi connectivity index (χ0v) is 30.6. The first kappa shape index (κ1) is 37.8. The summed E-state index contributed by atoms with van der Waals surface area (Å²) < 4.78 is 74.3. The van der Waals surface area contributed by atoms with Crippen molar-refractivity contribution in [3.8, 4) is 10.6 Å². The molecule has 3 aliphatic carbocycles. The van der Waals surface area contributed by atoms with Gasteiger partial charge in [0.05, 0.1) is 34.0 Å². The number of aromatic nitrogens is 1. The van der Waals surface area contributed by atoms with Crippen molar-refractivity contribution in [2.45, 2.75) is 94.2 Å². The fourth-order valence-corrected chi connectivity index (χ4v) is 9.25. The fourth-order valence-electron chi connectivity index (χ4n) is 6.87. The van der Waals surface area contributed by atoms with Crippen molar-refractivity contribution in [1.29, 1.82) is 0 Å². The average Bonchev–Trinajstić information content (AvgIpc) is 3.94. The van der Waals surface area contributed by atoms with E-state index in [0.717, 1.165) is 24.2 Å². The molecule has 282 valence electrons. The molecular formula is C35H42F3N5O7S2. The highest BCUT2D eigenvalue weighted by molar-refractivity contribution is 7.91. The number of carbonyl (C=O) groups is 4. The third-order valence-corrected chi connectivity index (χ3v) is 12.9. The number of benzene rings is 1. The van der Waals surface area contributed by atoms with E-state index in [1.54, 1.807) is 12.4 Å². The molecule has 5 atom stereocenters. The first-order chi connectivity index (χ1) is 24.5. The van der Waals surface area contributed by atoms with Gasteiger partial charge in [-0.05, 0) is 75.5 Å². The highest BCUT2D eigenvalue weighted by Crippen LogP contribution is 2.47. The number of anilines is 1. The van der Waals surface area contributed by atoms with Crippen LogP contribution in [0, 0.1) is 17.8 Å². The monoisotopic (exact) mass is 765 g/mol. The van der Waals surface area contributed by atoms with Crippen LogP contribution in [0.4, 0.5) is 23.7 Å². The SMILES string of the molecule is CC(C)c1csc(-c2ccc(C(F)(F)F)cc2NC(=O)O[C@@H]2C[C@H]3C(=O)N[C@]4(C(=O)NS(=O)(=O)C5CC5)C[C@@H]4/C=C\CCCCN(C)C(=O)[C@@H]3C2)n1. The Labute approximate surface area is 304 Å². The van der Waals surface area contributed by atoms with Crippen molar-refractivity contribution in [3.05, 3.63) is 47.0 Å². The fraction of sp³-hybridized carbons (Fsp3) is 0.571. The van der Waals surface area contributed by atoms with Gasteiger partial charge in [0.2, 0.25) is 21.8 Å². The first-order valence-electron chi connectivity index (χ1n) is 17.4. The van der Waals surface area contributed by atoms with Crippen molar-refractivity contribution in [1.82, 2.24) is 19.9 Å². The number of nitrogens with zero attached hydrogens (tertiary/aromatic N) is 2. The van der Waals surface area contributed by atoms with Crippen LogP contribution in [0.15, 0.2) is 35.7 Å². The van der Waals surface area contributed by atoms with Gasteiger partial charge in [-0.2, -0.15) is 13.2 Å². The van der Waals surface area contributed by atoms with E-state index in [0.29, 0.717) is 37.2 Å². The Balaban J connectivity index is 1.22. The maximum absolute atomic E-state index is 14.0. The van der Waals surface area contributed by atoms with Gasteiger partial charge in [0.15, 0.2) is 0 Å². The zero-order valence-electron chi connectivity index (χ0n) is 29.0. The molecule has 4 amide bonds. The van der Waals surface area contributed by atoms with Gasteiger partial charge in [0, 0.05) is 30.5 Å². The van der Waals surface area contributed by atoms with Crippen LogP contribution < -0.4 is 15.4 Å². The van der Waals surface area contributed by atoms with E-state index in [1.807, 2.05) is 26.0 Å². The van der Waals surface area contributed by atoms with Crippen LogP contribution in [0.2, 0.25) is 0 Å². The molecule has 6 rings (SSSR count). The lowest BCUT2D eigenvalue weighted by Crippen LogP contribution is -2.54. The quantitative estimate of drug-likeness (QED) is 0.308. The lowest BCUT2D eigenvalue weighted by atomic mass is 9.93. The van der Waals surface area contributed by atoms with E-state index < -0.39 is 74.3 Å². The maximum atomic E-state index is 14.0. The van der Waals surface area contributed by atoms with E-state index in [4.69, 9.17) is 4.74 Å².